The Bertz CT molecular complexity index is 363. The summed E-state index contributed by atoms with van der Waals surface area (Å²) in [6.07, 6.45) is 10.9. The second-order valence-electron chi connectivity index (χ2n) is 5.63. The van der Waals surface area contributed by atoms with Gasteiger partial charge in [0, 0.05) is 11.8 Å². The lowest BCUT2D eigenvalue weighted by Crippen LogP contribution is -2.07. The molecule has 0 saturated carbocycles. The highest BCUT2D eigenvalue weighted by atomic mass is 32.2. The van der Waals surface area contributed by atoms with Crippen molar-refractivity contribution in [2.75, 3.05) is 11.5 Å². The summed E-state index contributed by atoms with van der Waals surface area (Å²) in [6.45, 7) is 6.49. The molecule has 5 heteroatoms. The first-order chi connectivity index (χ1) is 9.66. The van der Waals surface area contributed by atoms with Gasteiger partial charge in [0.05, 0.1) is 0 Å². The highest BCUT2D eigenvalue weighted by molar-refractivity contribution is 7.99. The van der Waals surface area contributed by atoms with Gasteiger partial charge in [0.15, 0.2) is 5.16 Å². The highest BCUT2D eigenvalue weighted by Crippen LogP contribution is 2.23. The van der Waals surface area contributed by atoms with Crippen molar-refractivity contribution in [1.29, 1.82) is 0 Å². The van der Waals surface area contributed by atoms with E-state index >= 15 is 0 Å². The molecule has 1 heterocycles. The second kappa shape index (κ2) is 10.1. The average molecular weight is 299 g/mol. The summed E-state index contributed by atoms with van der Waals surface area (Å²) in [5.74, 6) is 1.64. The summed E-state index contributed by atoms with van der Waals surface area (Å²) >= 11 is 1.78. The van der Waals surface area contributed by atoms with Crippen LogP contribution in [-0.4, -0.2) is 20.5 Å². The van der Waals surface area contributed by atoms with Gasteiger partial charge >= 0.3 is 0 Å². The van der Waals surface area contributed by atoms with Gasteiger partial charge in [-0.3, -0.25) is 4.57 Å². The molecule has 0 spiro atoms. The lowest BCUT2D eigenvalue weighted by molar-refractivity contribution is 0.556. The van der Waals surface area contributed by atoms with Gasteiger partial charge in [-0.15, -0.1) is 10.2 Å². The van der Waals surface area contributed by atoms with E-state index in [4.69, 9.17) is 5.73 Å². The van der Waals surface area contributed by atoms with Crippen LogP contribution < -0.4 is 5.73 Å². The van der Waals surface area contributed by atoms with Crippen molar-refractivity contribution in [3.05, 3.63) is 0 Å². The maximum absolute atomic E-state index is 5.83. The Hall–Kier alpha value is -0.710. The topological polar surface area (TPSA) is 56.7 Å². The predicted molar refractivity (Wildman–Crippen MR) is 88.2 cm³/mol. The molecule has 0 aliphatic heterocycles. The third-order valence-electron chi connectivity index (χ3n) is 3.44. The maximum Gasteiger partial charge on any atom is 0.222 e. The van der Waals surface area contributed by atoms with Gasteiger partial charge in [-0.05, 0) is 20.3 Å². The smallest absolute Gasteiger partial charge is 0.222 e. The SMILES string of the molecule is CCCCCCCCCCSc1nnc(N)n1C(C)C. The first-order valence-electron chi connectivity index (χ1n) is 8.00. The molecule has 0 amide bonds. The quantitative estimate of drug-likeness (QED) is 0.476. The largest absolute Gasteiger partial charge is 0.368 e. The summed E-state index contributed by atoms with van der Waals surface area (Å²) in [4.78, 5) is 0. The number of thioether (sulfide) groups is 1. The van der Waals surface area contributed by atoms with E-state index in [0.717, 1.165) is 10.9 Å². The zero-order chi connectivity index (χ0) is 14.8. The van der Waals surface area contributed by atoms with Gasteiger partial charge in [-0.2, -0.15) is 0 Å². The average Bonchev–Trinajstić information content (AvgIpc) is 2.78. The molecular formula is C15H30N4S. The Kier molecular flexibility index (Phi) is 8.74. The molecule has 2 N–H and O–H groups in total. The summed E-state index contributed by atoms with van der Waals surface area (Å²) in [5, 5.41) is 9.08. The summed E-state index contributed by atoms with van der Waals surface area (Å²) in [5.41, 5.74) is 5.83. The van der Waals surface area contributed by atoms with Gasteiger partial charge in [0.25, 0.3) is 0 Å². The molecule has 1 rings (SSSR count). The van der Waals surface area contributed by atoms with E-state index in [1.54, 1.807) is 11.8 Å². The summed E-state index contributed by atoms with van der Waals surface area (Å²) < 4.78 is 2.01. The third kappa shape index (κ3) is 6.16. The van der Waals surface area contributed by atoms with Crippen molar-refractivity contribution in [3.63, 3.8) is 0 Å². The number of aromatic nitrogens is 3. The number of anilines is 1. The number of hydrogen-bond donors (Lipinski definition) is 1. The van der Waals surface area contributed by atoms with Crippen LogP contribution in [0.4, 0.5) is 5.95 Å². The van der Waals surface area contributed by atoms with E-state index in [0.29, 0.717) is 12.0 Å². The van der Waals surface area contributed by atoms with Crippen LogP contribution >= 0.6 is 11.8 Å². The van der Waals surface area contributed by atoms with Crippen LogP contribution in [-0.2, 0) is 0 Å². The zero-order valence-corrected chi connectivity index (χ0v) is 14.1. The number of rotatable bonds is 11. The Morgan fingerprint density at radius 2 is 1.60 bits per heavy atom. The van der Waals surface area contributed by atoms with E-state index in [-0.39, 0.29) is 0 Å². The first kappa shape index (κ1) is 17.3. The van der Waals surface area contributed by atoms with E-state index in [1.165, 1.54) is 51.4 Å². The molecule has 0 saturated heterocycles. The van der Waals surface area contributed by atoms with Crippen LogP contribution in [0.25, 0.3) is 0 Å². The van der Waals surface area contributed by atoms with Gasteiger partial charge in [-0.1, -0.05) is 63.6 Å². The monoisotopic (exact) mass is 298 g/mol. The Balaban J connectivity index is 2.10. The number of hydrogen-bond acceptors (Lipinski definition) is 4. The van der Waals surface area contributed by atoms with Gasteiger partial charge < -0.3 is 5.73 Å². The van der Waals surface area contributed by atoms with E-state index in [9.17, 15) is 0 Å². The van der Waals surface area contributed by atoms with Crippen LogP contribution in [0.1, 0.15) is 78.2 Å². The molecule has 0 aromatic carbocycles. The van der Waals surface area contributed by atoms with E-state index in [1.807, 2.05) is 4.57 Å². The van der Waals surface area contributed by atoms with Gasteiger partial charge in [-0.25, -0.2) is 0 Å². The lowest BCUT2D eigenvalue weighted by Gasteiger charge is -2.11. The van der Waals surface area contributed by atoms with Crippen LogP contribution in [0, 0.1) is 0 Å². The van der Waals surface area contributed by atoms with Gasteiger partial charge in [0.2, 0.25) is 5.95 Å². The highest BCUT2D eigenvalue weighted by Gasteiger charge is 2.12. The van der Waals surface area contributed by atoms with Crippen molar-refractivity contribution in [3.8, 4) is 0 Å². The molecule has 0 unspecified atom stereocenters. The Morgan fingerprint density at radius 3 is 2.20 bits per heavy atom. The van der Waals surface area contributed by atoms with Crippen LogP contribution in [0.15, 0.2) is 5.16 Å². The van der Waals surface area contributed by atoms with Crippen molar-refractivity contribution < 1.29 is 0 Å². The number of nitrogens with two attached hydrogens (primary N) is 1. The minimum absolute atomic E-state index is 0.325. The molecular weight excluding hydrogens is 268 g/mol. The molecule has 4 nitrogen and oxygen atoms in total. The van der Waals surface area contributed by atoms with Crippen molar-refractivity contribution in [2.24, 2.45) is 0 Å². The van der Waals surface area contributed by atoms with Crippen molar-refractivity contribution in [2.45, 2.75) is 83.3 Å². The molecule has 0 bridgehead atoms. The van der Waals surface area contributed by atoms with Gasteiger partial charge in [0.1, 0.15) is 0 Å². The fourth-order valence-corrected chi connectivity index (χ4v) is 3.34. The Morgan fingerprint density at radius 1 is 1.00 bits per heavy atom. The fourth-order valence-electron chi connectivity index (χ4n) is 2.27. The molecule has 0 atom stereocenters. The van der Waals surface area contributed by atoms with Crippen LogP contribution in [0.3, 0.4) is 0 Å². The molecule has 1 aromatic rings. The number of unbranched alkanes of at least 4 members (excludes halogenated alkanes) is 7. The fraction of sp³-hybridized carbons (Fsp3) is 0.867. The standard InChI is InChI=1S/C15H30N4S/c1-4-5-6-7-8-9-10-11-12-20-15-18-17-14(16)19(15)13(2)3/h13H,4-12H2,1-3H3,(H2,16,17). The lowest BCUT2D eigenvalue weighted by atomic mass is 10.1. The Labute approximate surface area is 127 Å². The molecule has 0 radical (unpaired) electrons. The molecule has 0 fully saturated rings. The zero-order valence-electron chi connectivity index (χ0n) is 13.3. The van der Waals surface area contributed by atoms with Crippen molar-refractivity contribution >= 4 is 17.7 Å². The number of nitrogen functional groups attached to an aromatic ring is 1. The minimum Gasteiger partial charge on any atom is -0.368 e. The van der Waals surface area contributed by atoms with Crippen molar-refractivity contribution in [1.82, 2.24) is 14.8 Å². The molecule has 116 valence electrons. The summed E-state index contributed by atoms with van der Waals surface area (Å²) in [6, 6.07) is 0.325. The van der Waals surface area contributed by atoms with Crippen LogP contribution in [0.5, 0.6) is 0 Å². The van der Waals surface area contributed by atoms with Crippen LogP contribution in [0.2, 0.25) is 0 Å². The first-order valence-corrected chi connectivity index (χ1v) is 8.98. The molecule has 20 heavy (non-hydrogen) atoms. The number of nitrogens with zero attached hydrogens (tertiary/aromatic N) is 3. The maximum atomic E-state index is 5.83. The van der Waals surface area contributed by atoms with E-state index < -0.39 is 0 Å². The molecule has 0 aliphatic carbocycles. The van der Waals surface area contributed by atoms with E-state index in [2.05, 4.69) is 31.0 Å². The normalized spacial score (nSPS) is 11.4. The second-order valence-corrected chi connectivity index (χ2v) is 6.69. The molecule has 0 aliphatic rings. The third-order valence-corrected chi connectivity index (χ3v) is 4.47. The predicted octanol–water partition coefficient (Wildman–Crippen LogP) is 4.67. The minimum atomic E-state index is 0.325. The molecule has 1 aromatic heterocycles. The summed E-state index contributed by atoms with van der Waals surface area (Å²) in [7, 11) is 0.